The summed E-state index contributed by atoms with van der Waals surface area (Å²) < 4.78 is 0. The fourth-order valence-electron chi connectivity index (χ4n) is 0.612. The summed E-state index contributed by atoms with van der Waals surface area (Å²) in [5.41, 5.74) is 1.41. The fraction of sp³-hybridized carbons (Fsp3) is 0.636. The highest BCUT2D eigenvalue weighted by atomic mass is 13.7. The highest BCUT2D eigenvalue weighted by Gasteiger charge is 1.67. The fourth-order valence-corrected chi connectivity index (χ4v) is 0.612. The van der Waals surface area contributed by atoms with Gasteiger partial charge in [-0.2, -0.15) is 0 Å². The number of allylic oxidation sites excluding steroid dienone is 3. The van der Waals surface area contributed by atoms with Crippen molar-refractivity contribution in [2.75, 3.05) is 0 Å². The summed E-state index contributed by atoms with van der Waals surface area (Å²) in [6, 6.07) is 0. The Morgan fingerprint density at radius 2 is 1.82 bits per heavy atom. The zero-order valence-corrected chi connectivity index (χ0v) is 8.48. The van der Waals surface area contributed by atoms with Crippen molar-refractivity contribution < 1.29 is 0 Å². The summed E-state index contributed by atoms with van der Waals surface area (Å²) in [4.78, 5) is 0. The van der Waals surface area contributed by atoms with Gasteiger partial charge in [-0.1, -0.05) is 38.0 Å². The summed E-state index contributed by atoms with van der Waals surface area (Å²) >= 11 is 0. The van der Waals surface area contributed by atoms with E-state index >= 15 is 0 Å². The minimum absolute atomic E-state index is 1.15. The number of hydrogen-bond donors (Lipinski definition) is 0. The van der Waals surface area contributed by atoms with Gasteiger partial charge >= 0.3 is 0 Å². The van der Waals surface area contributed by atoms with E-state index in [1.54, 1.807) is 0 Å². The highest BCUT2D eigenvalue weighted by Crippen LogP contribution is 1.89. The molecule has 0 saturated carbocycles. The molecule has 0 aromatic heterocycles. The van der Waals surface area contributed by atoms with E-state index in [9.17, 15) is 0 Å². The molecular weight excluding hydrogens is 132 g/mol. The van der Waals surface area contributed by atoms with Crippen LogP contribution in [0.2, 0.25) is 0 Å². The van der Waals surface area contributed by atoms with Gasteiger partial charge in [0, 0.05) is 0 Å². The van der Waals surface area contributed by atoms with Crippen molar-refractivity contribution in [3.8, 4) is 0 Å². The summed E-state index contributed by atoms with van der Waals surface area (Å²) in [5, 5.41) is 0. The van der Waals surface area contributed by atoms with Crippen LogP contribution in [0.5, 0.6) is 0 Å². The third kappa shape index (κ3) is 26.4. The number of hydrogen-bond acceptors (Lipinski definition) is 0. The molecule has 0 aromatic rings. The van der Waals surface area contributed by atoms with Crippen molar-refractivity contribution >= 4 is 0 Å². The molecule has 0 unspecified atom stereocenters. The smallest absolute Gasteiger partial charge is 0.0356 e. The molecule has 0 nitrogen and oxygen atoms in total. The number of unbranched alkanes of at least 4 members (excludes halogenated alkanes) is 1. The van der Waals surface area contributed by atoms with Gasteiger partial charge in [-0.05, 0) is 26.7 Å². The van der Waals surface area contributed by atoms with Gasteiger partial charge in [0.05, 0.1) is 0 Å². The summed E-state index contributed by atoms with van der Waals surface area (Å²) in [6.45, 7) is 12.1. The predicted molar refractivity (Wildman–Crippen MR) is 54.8 cm³/mol. The molecule has 0 aliphatic carbocycles. The first-order valence-corrected chi connectivity index (χ1v) is 4.43. The Hall–Kier alpha value is -0.520. The highest BCUT2D eigenvalue weighted by molar-refractivity contribution is 4.91. The van der Waals surface area contributed by atoms with Crippen LogP contribution in [-0.4, -0.2) is 0 Å². The molecule has 0 N–H and O–H groups in total. The molecule has 11 heavy (non-hydrogen) atoms. The second kappa shape index (κ2) is 12.2. The number of rotatable bonds is 3. The van der Waals surface area contributed by atoms with Gasteiger partial charge in [0.1, 0.15) is 0 Å². The van der Waals surface area contributed by atoms with E-state index in [0.717, 1.165) is 6.42 Å². The average molecular weight is 154 g/mol. The Bertz CT molecular complexity index is 94.6. The van der Waals surface area contributed by atoms with Crippen LogP contribution in [0, 0.1) is 0 Å². The minimum Gasteiger partial charge on any atom is -0.103 e. The van der Waals surface area contributed by atoms with Crippen molar-refractivity contribution in [2.45, 2.75) is 47.0 Å². The third-order valence-electron chi connectivity index (χ3n) is 1.11. The van der Waals surface area contributed by atoms with Gasteiger partial charge < -0.3 is 0 Å². The molecule has 0 bridgehead atoms. The topological polar surface area (TPSA) is 0 Å². The maximum absolute atomic E-state index is 3.55. The Balaban J connectivity index is 0. The van der Waals surface area contributed by atoms with E-state index in [1.807, 2.05) is 6.08 Å². The van der Waals surface area contributed by atoms with Crippen LogP contribution in [0.25, 0.3) is 0 Å². The van der Waals surface area contributed by atoms with Crippen molar-refractivity contribution in [3.63, 3.8) is 0 Å². The van der Waals surface area contributed by atoms with Gasteiger partial charge in [0.15, 0.2) is 0 Å². The van der Waals surface area contributed by atoms with Gasteiger partial charge in [-0.25, -0.2) is 0 Å². The SMILES string of the molecule is C=CCCC.CCC=C(C)C. The van der Waals surface area contributed by atoms with E-state index in [-0.39, 0.29) is 0 Å². The van der Waals surface area contributed by atoms with Gasteiger partial charge in [-0.15, -0.1) is 6.58 Å². The maximum Gasteiger partial charge on any atom is -0.0356 e. The zero-order valence-electron chi connectivity index (χ0n) is 8.48. The van der Waals surface area contributed by atoms with Crippen LogP contribution in [-0.2, 0) is 0 Å². The minimum atomic E-state index is 1.15. The standard InChI is InChI=1S/C6H12.C5H10/c1-4-5-6(2)3;1-3-5-4-2/h5H,4H2,1-3H3;3H,1,4-5H2,2H3. The zero-order chi connectivity index (χ0) is 9.11. The normalized spacial score (nSPS) is 7.64. The van der Waals surface area contributed by atoms with Crippen molar-refractivity contribution in [1.82, 2.24) is 0 Å². The van der Waals surface area contributed by atoms with Crippen LogP contribution in [0.15, 0.2) is 24.3 Å². The molecule has 0 saturated heterocycles. The molecule has 0 aromatic carbocycles. The third-order valence-corrected chi connectivity index (χ3v) is 1.11. The lowest BCUT2D eigenvalue weighted by Crippen LogP contribution is -1.58. The van der Waals surface area contributed by atoms with Crippen LogP contribution in [0.3, 0.4) is 0 Å². The summed E-state index contributed by atoms with van der Waals surface area (Å²) in [5.74, 6) is 0. The molecule has 0 heteroatoms. The first-order chi connectivity index (χ1) is 5.18. The molecule has 0 atom stereocenters. The molecule has 0 radical (unpaired) electrons. The molecular formula is C11H22. The second-order valence-electron chi connectivity index (χ2n) is 2.77. The second-order valence-corrected chi connectivity index (χ2v) is 2.77. The lowest BCUT2D eigenvalue weighted by Gasteiger charge is -1.80. The van der Waals surface area contributed by atoms with Gasteiger partial charge in [0.2, 0.25) is 0 Å². The lowest BCUT2D eigenvalue weighted by molar-refractivity contribution is 0.961. The van der Waals surface area contributed by atoms with E-state index in [0.29, 0.717) is 0 Å². The molecule has 0 aliphatic heterocycles. The monoisotopic (exact) mass is 154 g/mol. The Labute approximate surface area is 72.0 Å². The molecule has 0 rings (SSSR count). The van der Waals surface area contributed by atoms with Crippen LogP contribution < -0.4 is 0 Å². The van der Waals surface area contributed by atoms with Gasteiger partial charge in [-0.3, -0.25) is 0 Å². The summed E-state index contributed by atoms with van der Waals surface area (Å²) in [7, 11) is 0. The van der Waals surface area contributed by atoms with Crippen LogP contribution in [0.4, 0.5) is 0 Å². The molecule has 0 fully saturated rings. The van der Waals surface area contributed by atoms with Gasteiger partial charge in [0.25, 0.3) is 0 Å². The maximum atomic E-state index is 3.55. The van der Waals surface area contributed by atoms with E-state index in [2.05, 4.69) is 40.3 Å². The Kier molecular flexibility index (Phi) is 14.5. The van der Waals surface area contributed by atoms with Crippen LogP contribution in [0.1, 0.15) is 47.0 Å². The van der Waals surface area contributed by atoms with Crippen molar-refractivity contribution in [2.24, 2.45) is 0 Å². The molecule has 0 aliphatic rings. The first-order valence-electron chi connectivity index (χ1n) is 4.43. The molecule has 0 heterocycles. The Morgan fingerprint density at radius 1 is 1.27 bits per heavy atom. The summed E-state index contributed by atoms with van der Waals surface area (Å²) in [6.07, 6.45) is 7.69. The average Bonchev–Trinajstić information content (AvgIpc) is 1.90. The van der Waals surface area contributed by atoms with Crippen molar-refractivity contribution in [3.05, 3.63) is 24.3 Å². The van der Waals surface area contributed by atoms with E-state index < -0.39 is 0 Å². The Morgan fingerprint density at radius 3 is 1.82 bits per heavy atom. The largest absolute Gasteiger partial charge is 0.103 e. The lowest BCUT2D eigenvalue weighted by atomic mass is 10.3. The van der Waals surface area contributed by atoms with E-state index in [1.165, 1.54) is 18.4 Å². The quantitative estimate of drug-likeness (QED) is 0.531. The van der Waals surface area contributed by atoms with Crippen LogP contribution >= 0.6 is 0 Å². The molecule has 0 amide bonds. The van der Waals surface area contributed by atoms with Crippen molar-refractivity contribution in [1.29, 1.82) is 0 Å². The molecule has 66 valence electrons. The van der Waals surface area contributed by atoms with E-state index in [4.69, 9.17) is 0 Å². The molecule has 0 spiro atoms. The first kappa shape index (κ1) is 13.1. The predicted octanol–water partition coefficient (Wildman–Crippen LogP) is 4.34.